The Kier molecular flexibility index (Phi) is 6.36. The molecule has 29 heavy (non-hydrogen) atoms. The molecule has 1 unspecified atom stereocenters. The van der Waals surface area contributed by atoms with Crippen LogP contribution in [0.3, 0.4) is 0 Å². The van der Waals surface area contributed by atoms with Crippen LogP contribution in [0, 0.1) is 0 Å². The Balaban J connectivity index is 1.97. The Morgan fingerprint density at radius 1 is 1.17 bits per heavy atom. The molecule has 1 aliphatic rings. The number of rotatable bonds is 4. The van der Waals surface area contributed by atoms with E-state index in [9.17, 15) is 23.1 Å². The molecule has 3 rings (SSSR count). The summed E-state index contributed by atoms with van der Waals surface area (Å²) in [6, 6.07) is 4.90. The first-order valence-corrected chi connectivity index (χ1v) is 9.75. The van der Waals surface area contributed by atoms with Crippen molar-refractivity contribution in [3.63, 3.8) is 0 Å². The number of hydrogen-bond acceptors (Lipinski definition) is 4. The molecular formula is C19H18Cl2F3N3O2. The molecule has 1 fully saturated rings. The largest absolute Gasteiger partial charge is 0.434 e. The molecule has 0 aliphatic heterocycles. The van der Waals surface area contributed by atoms with Crippen LogP contribution in [-0.4, -0.2) is 26.6 Å². The Bertz CT molecular complexity index is 903. The number of amides is 1. The lowest BCUT2D eigenvalue weighted by Gasteiger charge is -2.39. The van der Waals surface area contributed by atoms with Gasteiger partial charge in [-0.05, 0) is 31.0 Å². The quantitative estimate of drug-likeness (QED) is 0.648. The first-order valence-electron chi connectivity index (χ1n) is 8.99. The molecular weight excluding hydrogens is 430 g/mol. The molecule has 2 N–H and O–H groups in total. The van der Waals surface area contributed by atoms with Gasteiger partial charge in [0.1, 0.15) is 11.2 Å². The average molecular weight is 448 g/mol. The van der Waals surface area contributed by atoms with Crippen LogP contribution in [0.2, 0.25) is 10.2 Å². The van der Waals surface area contributed by atoms with Crippen molar-refractivity contribution in [3.8, 4) is 0 Å². The highest BCUT2D eigenvalue weighted by Crippen LogP contribution is 2.39. The highest BCUT2D eigenvalue weighted by atomic mass is 35.5. The van der Waals surface area contributed by atoms with Crippen LogP contribution in [0.4, 0.5) is 13.2 Å². The number of hydrogen-bond donors (Lipinski definition) is 2. The van der Waals surface area contributed by atoms with Crippen molar-refractivity contribution < 1.29 is 23.1 Å². The minimum atomic E-state index is -4.80. The zero-order valence-electron chi connectivity index (χ0n) is 15.1. The maximum Gasteiger partial charge on any atom is 0.434 e. The second-order valence-electron chi connectivity index (χ2n) is 6.97. The summed E-state index contributed by atoms with van der Waals surface area (Å²) in [6.45, 7) is 0. The second kappa shape index (κ2) is 8.45. The van der Waals surface area contributed by atoms with Crippen LogP contribution in [0.15, 0.2) is 30.5 Å². The van der Waals surface area contributed by atoms with E-state index in [1.165, 1.54) is 0 Å². The van der Waals surface area contributed by atoms with E-state index in [0.717, 1.165) is 31.5 Å². The molecule has 1 aliphatic carbocycles. The molecule has 2 aromatic rings. The van der Waals surface area contributed by atoms with Gasteiger partial charge in [-0.25, -0.2) is 4.98 Å². The lowest BCUT2D eigenvalue weighted by atomic mass is 9.78. The third-order valence-electron chi connectivity index (χ3n) is 4.97. The van der Waals surface area contributed by atoms with Crippen LogP contribution in [0.1, 0.15) is 59.9 Å². The molecule has 1 saturated carbocycles. The van der Waals surface area contributed by atoms with Crippen molar-refractivity contribution >= 4 is 29.1 Å². The Morgan fingerprint density at radius 3 is 2.48 bits per heavy atom. The predicted octanol–water partition coefficient (Wildman–Crippen LogP) is 4.97. The number of nitrogens with zero attached hydrogens (tertiary/aromatic N) is 2. The number of carbonyl (C=O) groups excluding carboxylic acids is 1. The SMILES string of the molecule is O=C(NC(c1cccc(Cl)n1)C1(O)CCCCC1)c1ccnc(C(F)(F)F)c1Cl. The summed E-state index contributed by atoms with van der Waals surface area (Å²) in [5.74, 6) is -0.867. The van der Waals surface area contributed by atoms with Gasteiger partial charge in [0.25, 0.3) is 5.91 Å². The number of aliphatic hydroxyl groups is 1. The first-order chi connectivity index (χ1) is 13.6. The first kappa shape index (κ1) is 21.8. The highest BCUT2D eigenvalue weighted by molar-refractivity contribution is 6.34. The van der Waals surface area contributed by atoms with Crippen LogP contribution in [-0.2, 0) is 6.18 Å². The van der Waals surface area contributed by atoms with Crippen LogP contribution in [0.25, 0.3) is 0 Å². The number of alkyl halides is 3. The molecule has 2 heterocycles. The third-order valence-corrected chi connectivity index (χ3v) is 5.56. The van der Waals surface area contributed by atoms with Crippen molar-refractivity contribution in [3.05, 3.63) is 57.6 Å². The summed E-state index contributed by atoms with van der Waals surface area (Å²) in [4.78, 5) is 20.2. The minimum Gasteiger partial charge on any atom is -0.387 e. The fourth-order valence-electron chi connectivity index (χ4n) is 3.55. The number of aromatic nitrogens is 2. The molecule has 1 amide bonds. The zero-order valence-corrected chi connectivity index (χ0v) is 16.7. The minimum absolute atomic E-state index is 0.169. The van der Waals surface area contributed by atoms with E-state index in [1.807, 2.05) is 0 Å². The maximum absolute atomic E-state index is 13.1. The summed E-state index contributed by atoms with van der Waals surface area (Å²) in [5.41, 5.74) is -2.73. The topological polar surface area (TPSA) is 75.1 Å². The van der Waals surface area contributed by atoms with Gasteiger partial charge >= 0.3 is 6.18 Å². The van der Waals surface area contributed by atoms with Crippen LogP contribution in [0.5, 0.6) is 0 Å². The monoisotopic (exact) mass is 447 g/mol. The molecule has 0 bridgehead atoms. The van der Waals surface area contributed by atoms with Gasteiger partial charge in [-0.2, -0.15) is 13.2 Å². The molecule has 10 heteroatoms. The van der Waals surface area contributed by atoms with Crippen molar-refractivity contribution in [2.45, 2.75) is 49.9 Å². The predicted molar refractivity (Wildman–Crippen MR) is 102 cm³/mol. The van der Waals surface area contributed by atoms with Gasteiger partial charge in [0.2, 0.25) is 0 Å². The van der Waals surface area contributed by atoms with E-state index in [1.54, 1.807) is 18.2 Å². The number of pyridine rings is 2. The number of carbonyl (C=O) groups is 1. The fraction of sp³-hybridized carbons (Fsp3) is 0.421. The fourth-order valence-corrected chi connectivity index (χ4v) is 4.02. The van der Waals surface area contributed by atoms with Crippen LogP contribution >= 0.6 is 23.2 Å². The average Bonchev–Trinajstić information content (AvgIpc) is 2.65. The van der Waals surface area contributed by atoms with E-state index < -0.39 is 34.4 Å². The van der Waals surface area contributed by atoms with Gasteiger partial charge < -0.3 is 10.4 Å². The van der Waals surface area contributed by atoms with E-state index in [0.29, 0.717) is 18.5 Å². The molecule has 5 nitrogen and oxygen atoms in total. The van der Waals surface area contributed by atoms with E-state index in [2.05, 4.69) is 15.3 Å². The van der Waals surface area contributed by atoms with E-state index in [-0.39, 0.29) is 10.7 Å². The van der Waals surface area contributed by atoms with Gasteiger partial charge in [0, 0.05) is 6.20 Å². The molecule has 1 atom stereocenters. The van der Waals surface area contributed by atoms with E-state index >= 15 is 0 Å². The van der Waals surface area contributed by atoms with Gasteiger partial charge in [-0.15, -0.1) is 0 Å². The van der Waals surface area contributed by atoms with E-state index in [4.69, 9.17) is 23.2 Å². The summed E-state index contributed by atoms with van der Waals surface area (Å²) in [6.07, 6.45) is -0.686. The summed E-state index contributed by atoms with van der Waals surface area (Å²) in [7, 11) is 0. The van der Waals surface area contributed by atoms with Gasteiger partial charge in [-0.1, -0.05) is 48.5 Å². The zero-order chi connectivity index (χ0) is 21.2. The summed E-state index contributed by atoms with van der Waals surface area (Å²) >= 11 is 11.8. The molecule has 0 aromatic carbocycles. The summed E-state index contributed by atoms with van der Waals surface area (Å²) in [5, 5.41) is 13.2. The number of halogens is 5. The molecule has 0 saturated heterocycles. The smallest absolute Gasteiger partial charge is 0.387 e. The second-order valence-corrected chi connectivity index (χ2v) is 7.74. The Labute approximate surface area is 175 Å². The van der Waals surface area contributed by atoms with Crippen LogP contribution < -0.4 is 5.32 Å². The van der Waals surface area contributed by atoms with Crippen molar-refractivity contribution in [2.24, 2.45) is 0 Å². The van der Waals surface area contributed by atoms with Crippen molar-refractivity contribution in [1.29, 1.82) is 0 Å². The standard InChI is InChI=1S/C19H18Cl2F3N3O2/c20-13-6-4-5-12(26-13)15(18(29)8-2-1-3-9-18)27-17(28)11-7-10-25-16(14(11)21)19(22,23)24/h4-7,10,15,29H,1-3,8-9H2,(H,27,28). The van der Waals surface area contributed by atoms with Crippen molar-refractivity contribution in [1.82, 2.24) is 15.3 Å². The van der Waals surface area contributed by atoms with Gasteiger partial charge in [-0.3, -0.25) is 9.78 Å². The van der Waals surface area contributed by atoms with Gasteiger partial charge in [0.05, 0.1) is 21.9 Å². The molecule has 0 spiro atoms. The van der Waals surface area contributed by atoms with Crippen molar-refractivity contribution in [2.75, 3.05) is 0 Å². The number of nitrogens with one attached hydrogen (secondary N) is 1. The molecule has 156 valence electrons. The molecule has 0 radical (unpaired) electrons. The van der Waals surface area contributed by atoms with Gasteiger partial charge in [0.15, 0.2) is 5.69 Å². The third kappa shape index (κ3) is 4.82. The molecule has 2 aromatic heterocycles. The summed E-state index contributed by atoms with van der Waals surface area (Å²) < 4.78 is 39.2. The lowest BCUT2D eigenvalue weighted by Crippen LogP contribution is -2.47. The normalized spacial score (nSPS) is 17.6. The lowest BCUT2D eigenvalue weighted by molar-refractivity contribution is -0.141. The Morgan fingerprint density at radius 2 is 1.86 bits per heavy atom. The highest BCUT2D eigenvalue weighted by Gasteiger charge is 2.42. The maximum atomic E-state index is 13.1. The Hall–Kier alpha value is -1.90.